The molecule has 1 unspecified atom stereocenters. The number of nitrogens with zero attached hydrogens (tertiary/aromatic N) is 1. The maximum Gasteiger partial charge on any atom is 0.485 e. The van der Waals surface area contributed by atoms with Gasteiger partial charge in [0.25, 0.3) is 0 Å². The highest BCUT2D eigenvalue weighted by Gasteiger charge is 2.13. The summed E-state index contributed by atoms with van der Waals surface area (Å²) in [5, 5.41) is 0. The molecule has 1 N–H and O–H groups in total. The van der Waals surface area contributed by atoms with Crippen molar-refractivity contribution >= 4 is 8.25 Å². The van der Waals surface area contributed by atoms with Crippen molar-refractivity contribution in [3.8, 4) is 0 Å². The van der Waals surface area contributed by atoms with Gasteiger partial charge >= 0.3 is 8.25 Å². The van der Waals surface area contributed by atoms with Crippen LogP contribution in [-0.2, 0) is 23.5 Å². The van der Waals surface area contributed by atoms with E-state index < -0.39 is 8.25 Å². The SMILES string of the molecule is CCCCCCCCCCCCCCCCCC[N+](C)(C)CCCCOCCCCOCCCCOCCCCOCCCC.O=[P+]([O-])O. The topological polar surface area (TPSA) is 97.3 Å². The normalized spacial score (nSPS) is 11.9. The minimum absolute atomic E-state index is 0.850. The van der Waals surface area contributed by atoms with E-state index in [1.807, 2.05) is 0 Å². The van der Waals surface area contributed by atoms with E-state index in [0.29, 0.717) is 0 Å². The van der Waals surface area contributed by atoms with E-state index in [2.05, 4.69) is 27.9 Å². The van der Waals surface area contributed by atoms with Gasteiger partial charge in [0.15, 0.2) is 0 Å². The van der Waals surface area contributed by atoms with Crippen LogP contribution in [0.5, 0.6) is 0 Å². The fourth-order valence-corrected chi connectivity index (χ4v) is 5.82. The predicted octanol–water partition coefficient (Wildman–Crippen LogP) is 10.3. The Morgan fingerprint density at radius 3 is 0.898 bits per heavy atom. The lowest BCUT2D eigenvalue weighted by atomic mass is 10.0. The summed E-state index contributed by atoms with van der Waals surface area (Å²) in [6, 6.07) is 0. The molecule has 8 nitrogen and oxygen atoms in total. The molecule has 0 aromatic heterocycles. The third-order valence-corrected chi connectivity index (χ3v) is 9.04. The van der Waals surface area contributed by atoms with Gasteiger partial charge in [-0.1, -0.05) is 110 Å². The molecule has 1 atom stereocenters. The molecule has 0 aliphatic heterocycles. The van der Waals surface area contributed by atoms with Crippen LogP contribution in [0, 0.1) is 0 Å². The summed E-state index contributed by atoms with van der Waals surface area (Å²) in [6.07, 6.45) is 34.5. The fourth-order valence-electron chi connectivity index (χ4n) is 5.82. The molecule has 0 fully saturated rings. The van der Waals surface area contributed by atoms with E-state index in [1.54, 1.807) is 0 Å². The Labute approximate surface area is 306 Å². The van der Waals surface area contributed by atoms with Gasteiger partial charge in [-0.3, -0.25) is 0 Å². The van der Waals surface area contributed by atoms with Crippen LogP contribution in [-0.4, -0.2) is 89.4 Å². The lowest BCUT2D eigenvalue weighted by Gasteiger charge is -2.30. The predicted molar refractivity (Wildman–Crippen MR) is 206 cm³/mol. The van der Waals surface area contributed by atoms with Gasteiger partial charge in [-0.05, 0) is 75.2 Å². The van der Waals surface area contributed by atoms with Crippen molar-refractivity contribution in [2.75, 3.05) is 80.0 Å². The van der Waals surface area contributed by atoms with E-state index in [4.69, 9.17) is 33.3 Å². The first-order chi connectivity index (χ1) is 23.9. The summed E-state index contributed by atoms with van der Waals surface area (Å²) in [4.78, 5) is 15.6. The Balaban J connectivity index is 0. The van der Waals surface area contributed by atoms with Crippen LogP contribution >= 0.6 is 8.25 Å². The second-order valence-corrected chi connectivity index (χ2v) is 15.0. The highest BCUT2D eigenvalue weighted by atomic mass is 31.1. The molecular formula is C40H85NO7P+. The van der Waals surface area contributed by atoms with Gasteiger partial charge in [0, 0.05) is 52.9 Å². The largest absolute Gasteiger partial charge is 0.567 e. The second-order valence-electron chi connectivity index (χ2n) is 14.6. The molecule has 0 aliphatic carbocycles. The van der Waals surface area contributed by atoms with Gasteiger partial charge in [0.2, 0.25) is 0 Å². The van der Waals surface area contributed by atoms with Crippen molar-refractivity contribution < 1.29 is 37.8 Å². The van der Waals surface area contributed by atoms with E-state index in [9.17, 15) is 0 Å². The van der Waals surface area contributed by atoms with Crippen LogP contribution in [0.2, 0.25) is 0 Å². The molecule has 296 valence electrons. The summed E-state index contributed by atoms with van der Waals surface area (Å²) in [7, 11) is 1.70. The van der Waals surface area contributed by atoms with Crippen LogP contribution in [0.25, 0.3) is 0 Å². The zero-order valence-electron chi connectivity index (χ0n) is 33.2. The number of quaternary nitrogens is 1. The van der Waals surface area contributed by atoms with Gasteiger partial charge in [0.05, 0.1) is 27.2 Å². The molecule has 0 saturated heterocycles. The summed E-state index contributed by atoms with van der Waals surface area (Å²) in [6.45, 7) is 14.1. The third-order valence-electron chi connectivity index (χ3n) is 9.04. The minimum Gasteiger partial charge on any atom is -0.567 e. The summed E-state index contributed by atoms with van der Waals surface area (Å²) in [5.41, 5.74) is 0. The first kappa shape index (κ1) is 50.9. The average molecular weight is 723 g/mol. The van der Waals surface area contributed by atoms with Gasteiger partial charge in [0.1, 0.15) is 0 Å². The molecule has 0 bridgehead atoms. The molecular weight excluding hydrogens is 637 g/mol. The van der Waals surface area contributed by atoms with E-state index in [1.165, 1.54) is 142 Å². The Hall–Kier alpha value is -0.180. The van der Waals surface area contributed by atoms with Gasteiger partial charge in [-0.15, -0.1) is 0 Å². The smallest absolute Gasteiger partial charge is 0.485 e. The van der Waals surface area contributed by atoms with Crippen LogP contribution < -0.4 is 4.89 Å². The molecule has 0 heterocycles. The highest BCUT2D eigenvalue weighted by Crippen LogP contribution is 2.14. The second kappa shape index (κ2) is 44.0. The zero-order chi connectivity index (χ0) is 36.4. The lowest BCUT2D eigenvalue weighted by molar-refractivity contribution is -0.890. The lowest BCUT2D eigenvalue weighted by Crippen LogP contribution is -2.41. The number of hydrogen-bond donors (Lipinski definition) is 1. The Bertz CT molecular complexity index is 623. The van der Waals surface area contributed by atoms with Crippen LogP contribution in [0.3, 0.4) is 0 Å². The Kier molecular flexibility index (Phi) is 45.7. The summed E-state index contributed by atoms with van der Waals surface area (Å²) >= 11 is 0. The zero-order valence-corrected chi connectivity index (χ0v) is 34.1. The maximum absolute atomic E-state index is 8.59. The number of hydrogen-bond acceptors (Lipinski definition) is 6. The molecule has 0 aromatic rings. The van der Waals surface area contributed by atoms with Crippen molar-refractivity contribution in [3.63, 3.8) is 0 Å². The van der Waals surface area contributed by atoms with Crippen LogP contribution in [0.1, 0.15) is 181 Å². The van der Waals surface area contributed by atoms with Gasteiger partial charge in [-0.2, -0.15) is 4.89 Å². The number of unbranched alkanes of at least 4 members (excludes halogenated alkanes) is 20. The monoisotopic (exact) mass is 723 g/mol. The Morgan fingerprint density at radius 2 is 0.612 bits per heavy atom. The molecule has 0 aromatic carbocycles. The molecule has 0 aliphatic rings. The molecule has 0 rings (SSSR count). The molecule has 9 heteroatoms. The summed E-state index contributed by atoms with van der Waals surface area (Å²) < 4.78 is 32.7. The molecule has 0 spiro atoms. The number of rotatable bonds is 40. The highest BCUT2D eigenvalue weighted by molar-refractivity contribution is 7.29. The van der Waals surface area contributed by atoms with Crippen LogP contribution in [0.15, 0.2) is 0 Å². The van der Waals surface area contributed by atoms with Crippen molar-refractivity contribution in [3.05, 3.63) is 0 Å². The summed E-state index contributed by atoms with van der Waals surface area (Å²) in [5.74, 6) is 0. The molecule has 0 amide bonds. The third kappa shape index (κ3) is 52.3. The Morgan fingerprint density at radius 1 is 0.408 bits per heavy atom. The van der Waals surface area contributed by atoms with E-state index in [-0.39, 0.29) is 0 Å². The molecule has 49 heavy (non-hydrogen) atoms. The fraction of sp³-hybridized carbons (Fsp3) is 1.00. The van der Waals surface area contributed by atoms with Crippen LogP contribution in [0.4, 0.5) is 0 Å². The van der Waals surface area contributed by atoms with Gasteiger partial charge in [-0.25, -0.2) is 0 Å². The van der Waals surface area contributed by atoms with E-state index in [0.717, 1.165) is 95.9 Å². The first-order valence-electron chi connectivity index (χ1n) is 20.8. The van der Waals surface area contributed by atoms with Crippen molar-refractivity contribution in [1.29, 1.82) is 0 Å². The molecule has 0 radical (unpaired) electrons. The number of ether oxygens (including phenoxy) is 4. The maximum atomic E-state index is 8.59. The minimum atomic E-state index is -3.12. The first-order valence-corrected chi connectivity index (χ1v) is 21.9. The van der Waals surface area contributed by atoms with Gasteiger partial charge < -0.3 is 28.3 Å². The van der Waals surface area contributed by atoms with Crippen molar-refractivity contribution in [2.45, 2.75) is 181 Å². The quantitative estimate of drug-likeness (QED) is 0.0382. The standard InChI is InChI=1S/C40H84NO4.HO3P/c1-5-7-9-10-11-12-13-14-15-16-17-18-19-20-21-22-31-41(3,4)32-23-24-34-43-36-27-28-38-45-40-30-29-39-44-37-26-25-35-42-33-8-6-2;1-4(2)3/h5-40H2,1-4H3;(H,1,2,3)/q+1;. The average Bonchev–Trinajstić information content (AvgIpc) is 3.06. The molecule has 0 saturated carbocycles. The van der Waals surface area contributed by atoms with E-state index >= 15 is 0 Å². The van der Waals surface area contributed by atoms with Crippen molar-refractivity contribution in [2.24, 2.45) is 0 Å². The van der Waals surface area contributed by atoms with Crippen molar-refractivity contribution in [1.82, 2.24) is 0 Å².